The lowest BCUT2D eigenvalue weighted by molar-refractivity contribution is -0.213. The van der Waals surface area contributed by atoms with Gasteiger partial charge in [0.15, 0.2) is 0 Å². The fourth-order valence-electron chi connectivity index (χ4n) is 5.85. The zero-order valence-electron chi connectivity index (χ0n) is 38.9. The average molecular weight is 1070 g/mol. The van der Waals surface area contributed by atoms with E-state index in [1.807, 2.05) is 6.92 Å². The third kappa shape index (κ3) is 35.6. The molecule has 0 aromatic heterocycles. The van der Waals surface area contributed by atoms with Crippen molar-refractivity contribution in [3.05, 3.63) is 0 Å². The number of ether oxygens (including phenoxy) is 2. The van der Waals surface area contributed by atoms with Crippen LogP contribution in [0.5, 0.6) is 0 Å². The fraction of sp³-hybridized carbons (Fsp3) is 0.609. The molecule has 1 fully saturated rings. The van der Waals surface area contributed by atoms with E-state index in [-0.39, 0.29) is 33.7 Å². The number of aliphatic hydroxyl groups excluding tert-OH is 4. The van der Waals surface area contributed by atoms with Crippen LogP contribution in [0.4, 0.5) is 0 Å². The zero-order valence-corrected chi connectivity index (χ0v) is 41.6. The summed E-state index contributed by atoms with van der Waals surface area (Å²) in [5, 5.41) is 42.6. The second kappa shape index (κ2) is 39.2. The SMILES string of the molecule is C#CC#CC#CC#CC#CC#CC#CC#CNC(=O)CCC.CCCCCCCCCCCCCCCC(=O)O[C@H](COCO)COP(=O)(O)OC1C(O)[C@H](O)[C@H](OP(=O)(O)O)C(OP(=O)(O)O)[C@@H]1O.[HH].[HH].[HH].[HH].[HH].[HH].[HH].[HH].[HH].[HH].[HH].[HH].[HH].[HH].[HH]. The summed E-state index contributed by atoms with van der Waals surface area (Å²) in [6.45, 7) is 1.96. The second-order valence-corrected chi connectivity index (χ2v) is 18.5. The molecule has 8 atom stereocenters. The minimum atomic E-state index is -5.56. The highest BCUT2D eigenvalue weighted by Gasteiger charge is 2.56. The number of phosphoric ester groups is 3. The van der Waals surface area contributed by atoms with Gasteiger partial charge in [-0.1, -0.05) is 90.9 Å². The number of hydrogen-bond acceptors (Lipinski definition) is 15. The summed E-state index contributed by atoms with van der Waals surface area (Å²) in [4.78, 5) is 70.1. The standard InChI is InChI=1S/C26H53O19P3.C20H9NO.15H2/c1-2-3-4-5-6-7-8-9-10-11-12-13-14-15-20(28)42-19(16-40-18-27)17-41-48(38,39)45-24-21(29)22(30)25(43-46(32,33)34)26(23(24)31)44-47(35,36)37;1-3-5-6-7-8-9-10-11-12-13-14-15-16-17-19-21-20(22)18-4-2;;;;;;;;;;;;;;;/h19,21-27,29-31H,2-18H2,1H3,(H,38,39)(H2,32,33,34)(H2,35,36,37);1H,4,18H2,2H3,(H,21,22);15*1H/t19-,21?,22+,23-,24?,25+,26?;;;;;;;;;;;;;;;;/m1................/s1. The second-order valence-electron chi connectivity index (χ2n) is 14.7. The first-order valence-corrected chi connectivity index (χ1v) is 26.6. The first-order chi connectivity index (χ1) is 33.2. The molecule has 4 unspecified atom stereocenters. The summed E-state index contributed by atoms with van der Waals surface area (Å²) >= 11 is 0. The van der Waals surface area contributed by atoms with Crippen molar-refractivity contribution in [1.82, 2.24) is 5.32 Å². The predicted octanol–water partition coefficient (Wildman–Crippen LogP) is 6.11. The number of rotatable bonds is 29. The van der Waals surface area contributed by atoms with Gasteiger partial charge in [-0.15, -0.1) is 6.42 Å². The molecule has 0 aliphatic heterocycles. The van der Waals surface area contributed by atoms with Gasteiger partial charge < -0.3 is 54.4 Å². The highest BCUT2D eigenvalue weighted by molar-refractivity contribution is 7.47. The van der Waals surface area contributed by atoms with Gasteiger partial charge in [-0.3, -0.25) is 33.0 Å². The third-order valence-electron chi connectivity index (χ3n) is 8.96. The summed E-state index contributed by atoms with van der Waals surface area (Å²) in [5.74, 6) is 33.1. The molecule has 1 saturated carbocycles. The normalized spacial score (nSPS) is 19.1. The number of carbonyl (C=O) groups excluding carboxylic acids is 2. The van der Waals surface area contributed by atoms with Crippen LogP contribution < -0.4 is 5.32 Å². The Morgan fingerprint density at radius 3 is 1.44 bits per heavy atom. The molecule has 1 aliphatic rings. The van der Waals surface area contributed by atoms with Gasteiger partial charge in [0.05, 0.1) is 13.2 Å². The summed E-state index contributed by atoms with van der Waals surface area (Å²) in [6.07, 6.45) is 4.43. The molecule has 70 heavy (non-hydrogen) atoms. The summed E-state index contributed by atoms with van der Waals surface area (Å²) in [6, 6.07) is 2.42. The van der Waals surface area contributed by atoms with Crippen molar-refractivity contribution >= 4 is 35.3 Å². The number of aliphatic hydroxyl groups is 4. The molecule has 0 bridgehead atoms. The molecule has 0 radical (unpaired) electrons. The molecule has 0 spiro atoms. The van der Waals surface area contributed by atoms with Crippen molar-refractivity contribution in [3.8, 4) is 95.4 Å². The van der Waals surface area contributed by atoms with Crippen LogP contribution >= 0.6 is 23.5 Å². The highest BCUT2D eigenvalue weighted by atomic mass is 31.2. The first-order valence-electron chi connectivity index (χ1n) is 22.0. The fourth-order valence-corrected chi connectivity index (χ4v) is 7.94. The Morgan fingerprint density at radius 2 is 1.00 bits per heavy atom. The molecular formula is C46H92NO20P3. The van der Waals surface area contributed by atoms with Gasteiger partial charge in [0.1, 0.15) is 49.5 Å². The Morgan fingerprint density at radius 1 is 0.571 bits per heavy atom. The molecule has 1 rings (SSSR count). The summed E-state index contributed by atoms with van der Waals surface area (Å²) < 4.78 is 63.4. The number of nitrogens with one attached hydrogen (secondary N) is 1. The molecule has 416 valence electrons. The number of terminal acetylenes is 1. The molecule has 1 amide bonds. The van der Waals surface area contributed by atoms with Crippen LogP contribution in [0.3, 0.4) is 0 Å². The van der Waals surface area contributed by atoms with Crippen molar-refractivity contribution in [2.24, 2.45) is 0 Å². The molecule has 21 nitrogen and oxygen atoms in total. The van der Waals surface area contributed by atoms with Gasteiger partial charge >= 0.3 is 29.4 Å². The molecule has 24 heteroatoms. The molecule has 0 aromatic rings. The van der Waals surface area contributed by atoms with Gasteiger partial charge in [0.25, 0.3) is 0 Å². The number of esters is 1. The van der Waals surface area contributed by atoms with Crippen LogP contribution in [0.1, 0.15) is 138 Å². The van der Waals surface area contributed by atoms with Crippen LogP contribution in [0.25, 0.3) is 0 Å². The monoisotopic (exact) mass is 1070 g/mol. The third-order valence-corrected chi connectivity index (χ3v) is 11.0. The van der Waals surface area contributed by atoms with E-state index in [0.717, 1.165) is 32.1 Å². The average Bonchev–Trinajstić information content (AvgIpc) is 3.29. The van der Waals surface area contributed by atoms with E-state index in [9.17, 15) is 43.5 Å². The topological polar surface area (TPSA) is 335 Å². The van der Waals surface area contributed by atoms with Crippen LogP contribution in [0, 0.1) is 95.4 Å². The van der Waals surface area contributed by atoms with E-state index < -0.39 is 92.2 Å². The number of carbonyl (C=O) groups is 2. The van der Waals surface area contributed by atoms with Crippen molar-refractivity contribution in [3.63, 3.8) is 0 Å². The van der Waals surface area contributed by atoms with Crippen LogP contribution in [0.2, 0.25) is 0 Å². The zero-order chi connectivity index (χ0) is 52.7. The van der Waals surface area contributed by atoms with Gasteiger partial charge in [-0.05, 0) is 54.3 Å². The lowest BCUT2D eigenvalue weighted by Gasteiger charge is -2.44. The minimum Gasteiger partial charge on any atom is -0.457 e. The first kappa shape index (κ1) is 65.5. The van der Waals surface area contributed by atoms with Crippen molar-refractivity contribution < 1.29 is 117 Å². The Bertz CT molecular complexity index is 2300. The number of unbranched alkanes of at least 4 members (excludes halogenated alkanes) is 12. The summed E-state index contributed by atoms with van der Waals surface area (Å²) in [7, 11) is -16.4. The Balaban J connectivity index is -0.0000000804. The molecule has 0 aromatic carbocycles. The summed E-state index contributed by atoms with van der Waals surface area (Å²) in [5.41, 5.74) is 0. The van der Waals surface area contributed by atoms with E-state index in [2.05, 4.69) is 110 Å². The van der Waals surface area contributed by atoms with Crippen molar-refractivity contribution in [2.45, 2.75) is 159 Å². The molecule has 0 heterocycles. The molecule has 1 aliphatic carbocycles. The van der Waals surface area contributed by atoms with E-state index in [4.69, 9.17) is 49.6 Å². The van der Waals surface area contributed by atoms with E-state index >= 15 is 0 Å². The van der Waals surface area contributed by atoms with Crippen LogP contribution in [-0.2, 0) is 50.9 Å². The lowest BCUT2D eigenvalue weighted by atomic mass is 9.85. The van der Waals surface area contributed by atoms with Crippen LogP contribution in [-0.4, -0.2) is 120 Å². The number of hydrogen-bond donors (Lipinski definition) is 10. The smallest absolute Gasteiger partial charge is 0.457 e. The van der Waals surface area contributed by atoms with E-state index in [1.165, 1.54) is 51.4 Å². The molecule has 10 N–H and O–H groups in total. The minimum absolute atomic E-state index is 0. The predicted molar refractivity (Wildman–Crippen MR) is 284 cm³/mol. The maximum absolute atomic E-state index is 12.7. The molecule has 0 saturated heterocycles. The largest absolute Gasteiger partial charge is 0.472 e. The van der Waals surface area contributed by atoms with Crippen molar-refractivity contribution in [1.29, 1.82) is 0 Å². The number of amides is 1. The van der Waals surface area contributed by atoms with Gasteiger partial charge in [-0.2, -0.15) is 0 Å². The van der Waals surface area contributed by atoms with E-state index in [0.29, 0.717) is 12.8 Å². The maximum atomic E-state index is 12.7. The van der Waals surface area contributed by atoms with Gasteiger partial charge in [0.2, 0.25) is 5.91 Å². The molecular weight excluding hydrogens is 979 g/mol. The lowest BCUT2D eigenvalue weighted by Crippen LogP contribution is -2.65. The number of phosphoric acid groups is 3. The highest BCUT2D eigenvalue weighted by Crippen LogP contribution is 2.51. The van der Waals surface area contributed by atoms with Gasteiger partial charge in [0, 0.05) is 81.7 Å². The Kier molecular flexibility index (Phi) is 36.7. The maximum Gasteiger partial charge on any atom is 0.472 e. The van der Waals surface area contributed by atoms with Crippen molar-refractivity contribution in [2.75, 3.05) is 20.0 Å². The van der Waals surface area contributed by atoms with E-state index in [1.54, 1.807) is 0 Å². The Labute approximate surface area is 432 Å². The Hall–Kier alpha value is -4.45. The quantitative estimate of drug-likeness (QED) is 0.0101. The van der Waals surface area contributed by atoms with Gasteiger partial charge in [-0.25, -0.2) is 13.7 Å². The van der Waals surface area contributed by atoms with Crippen LogP contribution in [0.15, 0.2) is 0 Å².